The van der Waals surface area contributed by atoms with Gasteiger partial charge in [0.1, 0.15) is 0 Å². The van der Waals surface area contributed by atoms with E-state index in [1.54, 1.807) is 18.2 Å². The summed E-state index contributed by atoms with van der Waals surface area (Å²) in [7, 11) is 1.90. The second-order valence-electron chi connectivity index (χ2n) is 6.47. The van der Waals surface area contributed by atoms with Gasteiger partial charge in [-0.2, -0.15) is 5.10 Å². The van der Waals surface area contributed by atoms with Crippen molar-refractivity contribution >= 4 is 22.8 Å². The Morgan fingerprint density at radius 2 is 1.93 bits per heavy atom. The highest BCUT2D eigenvalue weighted by Crippen LogP contribution is 2.25. The molecule has 142 valence electrons. The van der Waals surface area contributed by atoms with Crippen molar-refractivity contribution < 1.29 is 13.6 Å². The van der Waals surface area contributed by atoms with Gasteiger partial charge < -0.3 is 8.83 Å². The molecule has 1 amide bonds. The fraction of sp³-hybridized carbons (Fsp3) is 0.0476. The van der Waals surface area contributed by atoms with E-state index >= 15 is 0 Å². The van der Waals surface area contributed by atoms with E-state index < -0.39 is 0 Å². The van der Waals surface area contributed by atoms with Gasteiger partial charge in [-0.1, -0.05) is 23.3 Å². The Labute approximate surface area is 164 Å². The van der Waals surface area contributed by atoms with Gasteiger partial charge in [0.25, 0.3) is 11.8 Å². The van der Waals surface area contributed by atoms with Gasteiger partial charge in [-0.05, 0) is 47.5 Å². The number of furan rings is 1. The predicted octanol–water partition coefficient (Wildman–Crippen LogP) is 4.14. The molecule has 0 saturated carbocycles. The molecule has 29 heavy (non-hydrogen) atoms. The molecule has 0 aliphatic heterocycles. The Hall–Kier alpha value is -4.20. The molecule has 0 spiro atoms. The zero-order valence-electron chi connectivity index (χ0n) is 15.4. The van der Waals surface area contributed by atoms with Crippen LogP contribution in [0, 0.1) is 0 Å². The van der Waals surface area contributed by atoms with Crippen LogP contribution < -0.4 is 5.32 Å². The Morgan fingerprint density at radius 1 is 1.03 bits per heavy atom. The van der Waals surface area contributed by atoms with E-state index in [0.717, 1.165) is 22.0 Å². The SMILES string of the molecule is Cn1ncc2cc(-c3cccc(C(=O)Nc4nnc(-c5ccco5)o4)c3)ccc21. The minimum atomic E-state index is -0.344. The molecule has 3 heterocycles. The topological polar surface area (TPSA) is 99.0 Å². The molecular weight excluding hydrogens is 370 g/mol. The van der Waals surface area contributed by atoms with Crippen LogP contribution in [-0.4, -0.2) is 25.9 Å². The third-order valence-electron chi connectivity index (χ3n) is 4.58. The molecule has 0 saturated heterocycles. The zero-order valence-corrected chi connectivity index (χ0v) is 15.4. The number of nitrogens with zero attached hydrogens (tertiary/aromatic N) is 4. The highest BCUT2D eigenvalue weighted by molar-refractivity contribution is 6.04. The molecule has 0 atom stereocenters. The Morgan fingerprint density at radius 3 is 2.79 bits per heavy atom. The first-order valence-corrected chi connectivity index (χ1v) is 8.88. The molecule has 0 radical (unpaired) electrons. The summed E-state index contributed by atoms with van der Waals surface area (Å²) in [6.45, 7) is 0. The van der Waals surface area contributed by atoms with Crippen molar-refractivity contribution in [1.29, 1.82) is 0 Å². The standard InChI is InChI=1S/C21H15N5O3/c1-26-17-8-7-14(11-16(17)12-22-26)13-4-2-5-15(10-13)19(27)23-21-25-24-20(29-21)18-6-3-9-28-18/h2-12H,1H3,(H,23,25,27). The zero-order chi connectivity index (χ0) is 19.8. The summed E-state index contributed by atoms with van der Waals surface area (Å²) in [6.07, 6.45) is 3.33. The normalized spacial score (nSPS) is 11.1. The first-order valence-electron chi connectivity index (χ1n) is 8.88. The molecule has 3 aromatic heterocycles. The van der Waals surface area contributed by atoms with Crippen molar-refractivity contribution in [3.8, 4) is 22.8 Å². The Balaban J connectivity index is 1.39. The van der Waals surface area contributed by atoms with Gasteiger partial charge in [0.15, 0.2) is 5.76 Å². The lowest BCUT2D eigenvalue weighted by molar-refractivity contribution is 0.102. The van der Waals surface area contributed by atoms with Gasteiger partial charge in [0.05, 0.1) is 18.0 Å². The summed E-state index contributed by atoms with van der Waals surface area (Å²) < 4.78 is 12.5. The summed E-state index contributed by atoms with van der Waals surface area (Å²) in [6, 6.07) is 16.8. The number of aryl methyl sites for hydroxylation is 1. The Kier molecular flexibility index (Phi) is 3.94. The second-order valence-corrected chi connectivity index (χ2v) is 6.47. The number of carbonyl (C=O) groups is 1. The summed E-state index contributed by atoms with van der Waals surface area (Å²) in [5.41, 5.74) is 3.45. The molecular formula is C21H15N5O3. The lowest BCUT2D eigenvalue weighted by Crippen LogP contribution is -2.12. The van der Waals surface area contributed by atoms with Crippen LogP contribution in [0.15, 0.2) is 75.9 Å². The third-order valence-corrected chi connectivity index (χ3v) is 4.58. The number of fused-ring (bicyclic) bond motifs is 1. The fourth-order valence-electron chi connectivity index (χ4n) is 3.13. The molecule has 0 aliphatic rings. The fourth-order valence-corrected chi connectivity index (χ4v) is 3.13. The van der Waals surface area contributed by atoms with Gasteiger partial charge in [-0.3, -0.25) is 14.8 Å². The monoisotopic (exact) mass is 385 g/mol. The number of anilines is 1. The van der Waals surface area contributed by atoms with Crippen LogP contribution >= 0.6 is 0 Å². The largest absolute Gasteiger partial charge is 0.459 e. The number of hydrogen-bond acceptors (Lipinski definition) is 6. The average Bonchev–Trinajstić information content (AvgIpc) is 3.49. The minimum Gasteiger partial charge on any atom is -0.459 e. The maximum Gasteiger partial charge on any atom is 0.322 e. The summed E-state index contributed by atoms with van der Waals surface area (Å²) in [5.74, 6) is 0.290. The van der Waals surface area contributed by atoms with Crippen LogP contribution in [0.3, 0.4) is 0 Å². The van der Waals surface area contributed by atoms with E-state index in [-0.39, 0.29) is 17.8 Å². The Bertz CT molecular complexity index is 1320. The molecule has 2 aromatic carbocycles. The van der Waals surface area contributed by atoms with Gasteiger partial charge >= 0.3 is 6.01 Å². The first-order chi connectivity index (χ1) is 14.2. The molecule has 0 bridgehead atoms. The number of hydrogen-bond donors (Lipinski definition) is 1. The predicted molar refractivity (Wildman–Crippen MR) is 106 cm³/mol. The lowest BCUT2D eigenvalue weighted by Gasteiger charge is -2.06. The molecule has 1 N–H and O–H groups in total. The smallest absolute Gasteiger partial charge is 0.322 e. The highest BCUT2D eigenvalue weighted by atomic mass is 16.4. The van der Waals surface area contributed by atoms with Gasteiger partial charge in [0, 0.05) is 18.0 Å². The highest BCUT2D eigenvalue weighted by Gasteiger charge is 2.15. The lowest BCUT2D eigenvalue weighted by atomic mass is 10.0. The van der Waals surface area contributed by atoms with Crippen LogP contribution in [0.4, 0.5) is 6.01 Å². The molecule has 0 unspecified atom stereocenters. The summed E-state index contributed by atoms with van der Waals surface area (Å²) >= 11 is 0. The molecule has 5 aromatic rings. The van der Waals surface area contributed by atoms with E-state index in [2.05, 4.69) is 20.6 Å². The van der Waals surface area contributed by atoms with E-state index in [9.17, 15) is 4.79 Å². The van der Waals surface area contributed by atoms with E-state index in [4.69, 9.17) is 8.83 Å². The van der Waals surface area contributed by atoms with Gasteiger partial charge in [0.2, 0.25) is 0 Å². The minimum absolute atomic E-state index is 0.00332. The average molecular weight is 385 g/mol. The quantitative estimate of drug-likeness (QED) is 0.499. The van der Waals surface area contributed by atoms with Crippen molar-refractivity contribution in [2.24, 2.45) is 7.05 Å². The maximum atomic E-state index is 12.6. The molecule has 8 heteroatoms. The number of amides is 1. The van der Waals surface area contributed by atoms with Crippen molar-refractivity contribution in [3.05, 3.63) is 72.6 Å². The first kappa shape index (κ1) is 16.9. The summed E-state index contributed by atoms with van der Waals surface area (Å²) in [4.78, 5) is 12.6. The number of aromatic nitrogens is 4. The van der Waals surface area contributed by atoms with Crippen molar-refractivity contribution in [2.45, 2.75) is 0 Å². The van der Waals surface area contributed by atoms with Crippen molar-refractivity contribution in [2.75, 3.05) is 5.32 Å². The van der Waals surface area contributed by atoms with Crippen molar-refractivity contribution in [1.82, 2.24) is 20.0 Å². The number of carbonyl (C=O) groups excluding carboxylic acids is 1. The molecule has 0 aliphatic carbocycles. The summed E-state index contributed by atoms with van der Waals surface area (Å²) in [5, 5.41) is 15.6. The number of benzene rings is 2. The second kappa shape index (κ2) is 6.75. The van der Waals surface area contributed by atoms with Crippen LogP contribution in [0.5, 0.6) is 0 Å². The molecule has 8 nitrogen and oxygen atoms in total. The third kappa shape index (κ3) is 3.16. The van der Waals surface area contributed by atoms with Gasteiger partial charge in [-0.15, -0.1) is 5.10 Å². The van der Waals surface area contributed by atoms with Gasteiger partial charge in [-0.25, -0.2) is 0 Å². The van der Waals surface area contributed by atoms with Crippen LogP contribution in [0.25, 0.3) is 33.7 Å². The van der Waals surface area contributed by atoms with E-state index in [1.165, 1.54) is 6.26 Å². The van der Waals surface area contributed by atoms with Crippen LogP contribution in [0.1, 0.15) is 10.4 Å². The number of rotatable bonds is 4. The van der Waals surface area contributed by atoms with Crippen LogP contribution in [0.2, 0.25) is 0 Å². The maximum absolute atomic E-state index is 12.6. The van der Waals surface area contributed by atoms with Crippen molar-refractivity contribution in [3.63, 3.8) is 0 Å². The van der Waals surface area contributed by atoms with Crippen LogP contribution in [-0.2, 0) is 7.05 Å². The number of nitrogens with one attached hydrogen (secondary N) is 1. The molecule has 0 fully saturated rings. The van der Waals surface area contributed by atoms with E-state index in [0.29, 0.717) is 11.3 Å². The van der Waals surface area contributed by atoms with E-state index in [1.807, 2.05) is 54.3 Å². The molecule has 5 rings (SSSR count).